The quantitative estimate of drug-likeness (QED) is 0.555. The molecule has 0 unspecified atom stereocenters. The van der Waals surface area contributed by atoms with E-state index in [1.165, 1.54) is 23.5 Å². The Hall–Kier alpha value is -3.06. The van der Waals surface area contributed by atoms with Gasteiger partial charge in [0.1, 0.15) is 11.6 Å². The van der Waals surface area contributed by atoms with Crippen LogP contribution in [0.2, 0.25) is 0 Å². The van der Waals surface area contributed by atoms with Crippen LogP contribution >= 0.6 is 11.3 Å². The van der Waals surface area contributed by atoms with E-state index in [9.17, 15) is 9.18 Å². The summed E-state index contributed by atoms with van der Waals surface area (Å²) in [5, 5.41) is 7.92. The van der Waals surface area contributed by atoms with Gasteiger partial charge in [-0.1, -0.05) is 29.0 Å². The van der Waals surface area contributed by atoms with Crippen LogP contribution in [-0.4, -0.2) is 20.7 Å². The van der Waals surface area contributed by atoms with Gasteiger partial charge in [-0.3, -0.25) is 4.79 Å². The molecule has 1 amide bonds. The Morgan fingerprint density at radius 1 is 1.11 bits per heavy atom. The van der Waals surface area contributed by atoms with Crippen LogP contribution in [-0.2, 0) is 0 Å². The number of rotatable bonds is 3. The molecule has 27 heavy (non-hydrogen) atoms. The number of anilines is 1. The van der Waals surface area contributed by atoms with E-state index in [2.05, 4.69) is 15.4 Å². The maximum atomic E-state index is 13.5. The number of amides is 1. The Labute approximate surface area is 159 Å². The zero-order chi connectivity index (χ0) is 19.1. The van der Waals surface area contributed by atoms with Crippen LogP contribution < -0.4 is 5.32 Å². The number of benzene rings is 2. The molecule has 2 aromatic carbocycles. The predicted molar refractivity (Wildman–Crippen MR) is 105 cm³/mol. The van der Waals surface area contributed by atoms with Gasteiger partial charge < -0.3 is 5.32 Å². The zero-order valence-electron chi connectivity index (χ0n) is 15.1. The maximum absolute atomic E-state index is 13.5. The van der Waals surface area contributed by atoms with Crippen molar-refractivity contribution in [1.29, 1.82) is 0 Å². The number of hydrogen-bond acceptors (Lipinski definition) is 4. The summed E-state index contributed by atoms with van der Waals surface area (Å²) in [5.74, 6) is 0.00975. The molecule has 2 aromatic heterocycles. The third kappa shape index (κ3) is 3.33. The van der Waals surface area contributed by atoms with Crippen LogP contribution in [0.15, 0.2) is 42.5 Å². The Morgan fingerprint density at radius 2 is 1.93 bits per heavy atom. The maximum Gasteiger partial charge on any atom is 0.257 e. The molecule has 136 valence electrons. The van der Waals surface area contributed by atoms with Crippen molar-refractivity contribution in [1.82, 2.24) is 14.8 Å². The molecule has 0 aliphatic carbocycles. The van der Waals surface area contributed by atoms with Gasteiger partial charge in [-0.25, -0.2) is 9.37 Å². The number of fused-ring (bicyclic) bond motifs is 1. The van der Waals surface area contributed by atoms with Gasteiger partial charge in [0.2, 0.25) is 5.13 Å². The highest BCUT2D eigenvalue weighted by Gasteiger charge is 2.16. The van der Waals surface area contributed by atoms with E-state index < -0.39 is 0 Å². The first-order chi connectivity index (χ1) is 12.9. The highest BCUT2D eigenvalue weighted by molar-refractivity contribution is 7.20. The smallest absolute Gasteiger partial charge is 0.257 e. The lowest BCUT2D eigenvalue weighted by Gasteiger charge is -2.09. The number of hydrogen-bond donors (Lipinski definition) is 1. The van der Waals surface area contributed by atoms with Crippen molar-refractivity contribution in [2.75, 3.05) is 5.32 Å². The fourth-order valence-electron chi connectivity index (χ4n) is 2.96. The third-order valence-corrected chi connectivity index (χ3v) is 5.21. The van der Waals surface area contributed by atoms with Gasteiger partial charge in [-0.05, 0) is 50.6 Å². The first kappa shape index (κ1) is 17.4. The van der Waals surface area contributed by atoms with Gasteiger partial charge in [-0.2, -0.15) is 9.78 Å². The van der Waals surface area contributed by atoms with Crippen LogP contribution in [0.5, 0.6) is 0 Å². The second kappa shape index (κ2) is 6.59. The zero-order valence-corrected chi connectivity index (χ0v) is 15.9. The molecule has 2 heterocycles. The summed E-state index contributed by atoms with van der Waals surface area (Å²) in [5.41, 5.74) is 4.06. The highest BCUT2D eigenvalue weighted by Crippen LogP contribution is 2.28. The molecule has 1 N–H and O–H groups in total. The van der Waals surface area contributed by atoms with Crippen LogP contribution in [0.4, 0.5) is 10.2 Å². The van der Waals surface area contributed by atoms with E-state index in [1.807, 2.05) is 39.0 Å². The lowest BCUT2D eigenvalue weighted by Crippen LogP contribution is -2.16. The number of nitrogens with one attached hydrogen (secondary N) is 1. The summed E-state index contributed by atoms with van der Waals surface area (Å²) < 4.78 is 15.8. The minimum atomic E-state index is -0.308. The Morgan fingerprint density at radius 3 is 2.70 bits per heavy atom. The topological polar surface area (TPSA) is 59.8 Å². The summed E-state index contributed by atoms with van der Waals surface area (Å²) in [6.45, 7) is 5.74. The standard InChI is InChI=1S/C20H17FN4OS/c1-11-4-6-15(12(2)8-11)19(26)23-18-9-13(3)24-25(18)20-22-16-7-5-14(21)10-17(16)27-20/h4-10H,1-3H3,(H,23,26). The van der Waals surface area contributed by atoms with Crippen molar-refractivity contribution in [3.05, 3.63) is 70.7 Å². The summed E-state index contributed by atoms with van der Waals surface area (Å²) >= 11 is 1.32. The van der Waals surface area contributed by atoms with Gasteiger partial charge in [0.25, 0.3) is 5.91 Å². The minimum Gasteiger partial charge on any atom is -0.306 e. The normalized spacial score (nSPS) is 11.1. The number of aryl methyl sites for hydroxylation is 3. The number of nitrogens with zero attached hydrogens (tertiary/aromatic N) is 3. The fraction of sp³-hybridized carbons (Fsp3) is 0.150. The van der Waals surface area contributed by atoms with Crippen molar-refractivity contribution in [3.63, 3.8) is 0 Å². The molecule has 0 saturated heterocycles. The van der Waals surface area contributed by atoms with E-state index in [4.69, 9.17) is 0 Å². The van der Waals surface area contributed by atoms with Gasteiger partial charge in [0.15, 0.2) is 0 Å². The van der Waals surface area contributed by atoms with Crippen LogP contribution in [0, 0.1) is 26.6 Å². The molecule has 0 bridgehead atoms. The second-order valence-corrected chi connectivity index (χ2v) is 7.47. The monoisotopic (exact) mass is 380 g/mol. The first-order valence-corrected chi connectivity index (χ1v) is 9.24. The van der Waals surface area contributed by atoms with Crippen molar-refractivity contribution in [2.24, 2.45) is 0 Å². The van der Waals surface area contributed by atoms with Crippen molar-refractivity contribution in [3.8, 4) is 5.13 Å². The molecule has 0 aliphatic heterocycles. The van der Waals surface area contributed by atoms with Gasteiger partial charge in [0, 0.05) is 11.6 Å². The Bertz CT molecular complexity index is 1180. The molecule has 0 fully saturated rings. The van der Waals surface area contributed by atoms with E-state index in [1.54, 1.807) is 16.8 Å². The van der Waals surface area contributed by atoms with Gasteiger partial charge >= 0.3 is 0 Å². The minimum absolute atomic E-state index is 0.208. The average Bonchev–Trinajstić information content (AvgIpc) is 3.17. The molecule has 0 saturated carbocycles. The summed E-state index contributed by atoms with van der Waals surface area (Å²) in [6.07, 6.45) is 0. The molecule has 0 radical (unpaired) electrons. The number of carbonyl (C=O) groups is 1. The summed E-state index contributed by atoms with van der Waals surface area (Å²) in [7, 11) is 0. The molecule has 4 aromatic rings. The number of aromatic nitrogens is 3. The largest absolute Gasteiger partial charge is 0.306 e. The molecule has 0 aliphatic rings. The molecule has 0 spiro atoms. The Kier molecular flexibility index (Phi) is 4.24. The second-order valence-electron chi connectivity index (χ2n) is 6.46. The highest BCUT2D eigenvalue weighted by atomic mass is 32.1. The lowest BCUT2D eigenvalue weighted by atomic mass is 10.1. The predicted octanol–water partition coefficient (Wildman–Crippen LogP) is 4.80. The lowest BCUT2D eigenvalue weighted by molar-refractivity contribution is 0.102. The third-order valence-electron chi connectivity index (χ3n) is 4.22. The SMILES string of the molecule is Cc1ccc(C(=O)Nc2cc(C)nn2-c2nc3ccc(F)cc3s2)c(C)c1. The molecule has 5 nitrogen and oxygen atoms in total. The van der Waals surface area contributed by atoms with Crippen LogP contribution in [0.1, 0.15) is 27.2 Å². The molecular formula is C20H17FN4OS. The van der Waals surface area contributed by atoms with Crippen molar-refractivity contribution in [2.45, 2.75) is 20.8 Å². The van der Waals surface area contributed by atoms with Gasteiger partial charge in [-0.15, -0.1) is 0 Å². The first-order valence-electron chi connectivity index (χ1n) is 8.42. The van der Waals surface area contributed by atoms with E-state index in [0.717, 1.165) is 21.5 Å². The summed E-state index contributed by atoms with van der Waals surface area (Å²) in [6, 6.07) is 11.9. The van der Waals surface area contributed by atoms with Crippen LogP contribution in [0.25, 0.3) is 15.3 Å². The number of carbonyl (C=O) groups excluding carboxylic acids is 1. The van der Waals surface area contributed by atoms with E-state index in [0.29, 0.717) is 22.0 Å². The van der Waals surface area contributed by atoms with Crippen molar-refractivity contribution < 1.29 is 9.18 Å². The number of halogens is 1. The molecule has 7 heteroatoms. The number of thiazole rings is 1. The Balaban J connectivity index is 1.71. The van der Waals surface area contributed by atoms with Crippen LogP contribution in [0.3, 0.4) is 0 Å². The fourth-order valence-corrected chi connectivity index (χ4v) is 3.92. The van der Waals surface area contributed by atoms with E-state index >= 15 is 0 Å². The summed E-state index contributed by atoms with van der Waals surface area (Å²) in [4.78, 5) is 17.2. The van der Waals surface area contributed by atoms with E-state index in [-0.39, 0.29) is 11.7 Å². The molecule has 4 rings (SSSR count). The molecule has 0 atom stereocenters. The van der Waals surface area contributed by atoms with Crippen molar-refractivity contribution >= 4 is 33.3 Å². The average molecular weight is 380 g/mol. The molecular weight excluding hydrogens is 363 g/mol. The van der Waals surface area contributed by atoms with Gasteiger partial charge in [0.05, 0.1) is 15.9 Å².